The molecular weight excluding hydrogens is 560 g/mol. The molecule has 0 spiro atoms. The fourth-order valence-corrected chi connectivity index (χ4v) is 5.89. The molecule has 1 aliphatic rings. The van der Waals surface area contributed by atoms with Gasteiger partial charge in [0.15, 0.2) is 5.78 Å². The predicted octanol–water partition coefficient (Wildman–Crippen LogP) is 4.01. The average Bonchev–Trinajstić information content (AvgIpc) is 3.43. The van der Waals surface area contributed by atoms with Gasteiger partial charge in [0.2, 0.25) is 5.91 Å². The van der Waals surface area contributed by atoms with Gasteiger partial charge in [0.05, 0.1) is 19.3 Å². The Balaban J connectivity index is 1.57. The molecule has 232 valence electrons. The molecule has 0 aliphatic heterocycles. The first-order valence-electron chi connectivity index (χ1n) is 15.1. The summed E-state index contributed by atoms with van der Waals surface area (Å²) in [6.45, 7) is 3.90. The van der Waals surface area contributed by atoms with Crippen molar-refractivity contribution in [2.45, 2.75) is 70.9 Å². The molecule has 4 rings (SSSR count). The molecule has 2 N–H and O–H groups in total. The van der Waals surface area contributed by atoms with Crippen molar-refractivity contribution in [1.29, 1.82) is 0 Å². The van der Waals surface area contributed by atoms with E-state index in [1.165, 1.54) is 25.7 Å². The van der Waals surface area contributed by atoms with E-state index in [2.05, 4.69) is 20.6 Å². The van der Waals surface area contributed by atoms with Crippen molar-refractivity contribution in [3.8, 4) is 0 Å². The Morgan fingerprint density at radius 1 is 1.00 bits per heavy atom. The Bertz CT molecular complexity index is 1490. The van der Waals surface area contributed by atoms with Gasteiger partial charge in [-0.3, -0.25) is 24.2 Å². The third-order valence-electron chi connectivity index (χ3n) is 8.12. The smallest absolute Gasteiger partial charge is 0.328 e. The van der Waals surface area contributed by atoms with Gasteiger partial charge >= 0.3 is 5.97 Å². The third-order valence-corrected chi connectivity index (χ3v) is 8.12. The summed E-state index contributed by atoms with van der Waals surface area (Å²) in [5.41, 5.74) is 0.944. The number of benzene rings is 2. The van der Waals surface area contributed by atoms with Crippen molar-refractivity contribution < 1.29 is 28.7 Å². The highest BCUT2D eigenvalue weighted by atomic mass is 16.5. The second-order valence-electron chi connectivity index (χ2n) is 11.8. The minimum absolute atomic E-state index is 0.0669. The molecule has 1 saturated carbocycles. The molecule has 0 unspecified atom stereocenters. The summed E-state index contributed by atoms with van der Waals surface area (Å²) < 4.78 is 4.94. The first-order chi connectivity index (χ1) is 21.2. The fraction of sp³-hybridized carbons (Fsp3) is 0.441. The van der Waals surface area contributed by atoms with Gasteiger partial charge in [0.1, 0.15) is 17.5 Å². The number of carbonyl (C=O) groups is 5. The number of ether oxygens (including phenoxy) is 1. The Hall–Kier alpha value is -4.47. The first-order valence-corrected chi connectivity index (χ1v) is 15.1. The number of rotatable bonds is 14. The maximum absolute atomic E-state index is 14.0. The van der Waals surface area contributed by atoms with Crippen molar-refractivity contribution in [2.75, 3.05) is 7.11 Å². The number of nitrogens with zero attached hydrogens (tertiary/aromatic N) is 2. The van der Waals surface area contributed by atoms with E-state index in [1.54, 1.807) is 0 Å². The maximum atomic E-state index is 14.0. The van der Waals surface area contributed by atoms with Crippen molar-refractivity contribution in [3.63, 3.8) is 0 Å². The van der Waals surface area contributed by atoms with Gasteiger partial charge in [-0.15, -0.1) is 0 Å². The van der Waals surface area contributed by atoms with Crippen LogP contribution in [0.5, 0.6) is 0 Å². The molecule has 1 heterocycles. The highest BCUT2D eigenvalue weighted by molar-refractivity contribution is 5.98. The van der Waals surface area contributed by atoms with Crippen LogP contribution in [0.3, 0.4) is 0 Å². The molecule has 3 aromatic rings. The van der Waals surface area contributed by atoms with Crippen LogP contribution in [0.15, 0.2) is 61.1 Å². The van der Waals surface area contributed by atoms with E-state index >= 15 is 0 Å². The largest absolute Gasteiger partial charge is 0.467 e. The molecule has 44 heavy (non-hydrogen) atoms. The predicted molar refractivity (Wildman–Crippen MR) is 164 cm³/mol. The number of amides is 2. The van der Waals surface area contributed by atoms with E-state index in [1.807, 2.05) is 56.3 Å². The maximum Gasteiger partial charge on any atom is 0.328 e. The molecule has 0 radical (unpaired) electrons. The van der Waals surface area contributed by atoms with Crippen LogP contribution in [0.2, 0.25) is 0 Å². The zero-order valence-electron chi connectivity index (χ0n) is 25.5. The number of Topliss-reactive ketones (excluding diaryl/α,β-unsaturated/α-hetero) is 2. The zero-order valence-corrected chi connectivity index (χ0v) is 25.5. The Kier molecular flexibility index (Phi) is 11.3. The van der Waals surface area contributed by atoms with E-state index in [4.69, 9.17) is 4.74 Å². The van der Waals surface area contributed by atoms with Crippen LogP contribution in [0.25, 0.3) is 10.8 Å². The monoisotopic (exact) mass is 600 g/mol. The van der Waals surface area contributed by atoms with Crippen LogP contribution in [0.4, 0.5) is 0 Å². The van der Waals surface area contributed by atoms with Crippen LogP contribution < -0.4 is 10.6 Å². The normalized spacial score (nSPS) is 16.7. The van der Waals surface area contributed by atoms with Crippen LogP contribution in [-0.2, 0) is 30.3 Å². The fourth-order valence-electron chi connectivity index (χ4n) is 5.89. The number of aromatic nitrogens is 2. The van der Waals surface area contributed by atoms with Crippen molar-refractivity contribution in [2.24, 2.45) is 17.8 Å². The molecular formula is C34H40N4O6. The van der Waals surface area contributed by atoms with E-state index in [-0.39, 0.29) is 48.4 Å². The SMILES string of the molecule is COC(=O)[C@H](C[C@@H]1CCCC1=O)NC(=O)[C@@H](CC(=O)[C@H](Cc1cccc2ccccc12)NC(=O)c1cnccn1)CC(C)C. The quantitative estimate of drug-likeness (QED) is 0.264. The zero-order chi connectivity index (χ0) is 31.6. The standard InChI is InChI=1S/C34H40N4O6/c1-21(2)16-25(32(41)38-28(34(43)44-3)18-24-11-7-13-30(24)39)19-31(40)27(37-33(42)29-20-35-14-15-36-29)17-23-10-6-9-22-8-4-5-12-26(22)23/h4-6,8-10,12,14-15,20-21,24-25,27-28H,7,11,13,16-19H2,1-3H3,(H,37,42)(H,38,41)/t24-,25+,27-,28-/m0/s1. The molecule has 2 aromatic carbocycles. The van der Waals surface area contributed by atoms with Crippen LogP contribution >= 0.6 is 0 Å². The Morgan fingerprint density at radius 3 is 2.45 bits per heavy atom. The van der Waals surface area contributed by atoms with Gasteiger partial charge in [0, 0.05) is 43.5 Å². The summed E-state index contributed by atoms with van der Waals surface area (Å²) in [5, 5.41) is 7.57. The van der Waals surface area contributed by atoms with Crippen molar-refractivity contribution >= 4 is 40.1 Å². The number of nitrogens with one attached hydrogen (secondary N) is 2. The van der Waals surface area contributed by atoms with E-state index < -0.39 is 35.8 Å². The van der Waals surface area contributed by atoms with Gasteiger partial charge in [-0.05, 0) is 47.9 Å². The van der Waals surface area contributed by atoms with Gasteiger partial charge in [-0.2, -0.15) is 0 Å². The van der Waals surface area contributed by atoms with Crippen LogP contribution in [-0.4, -0.2) is 58.5 Å². The molecule has 10 nitrogen and oxygen atoms in total. The molecule has 0 bridgehead atoms. The van der Waals surface area contributed by atoms with Gasteiger partial charge in [0.25, 0.3) is 5.91 Å². The average molecular weight is 601 g/mol. The molecule has 1 aromatic heterocycles. The highest BCUT2D eigenvalue weighted by Gasteiger charge is 2.35. The number of hydrogen-bond acceptors (Lipinski definition) is 8. The topological polar surface area (TPSA) is 144 Å². The lowest BCUT2D eigenvalue weighted by atomic mass is 9.87. The molecule has 0 saturated heterocycles. The molecule has 1 fully saturated rings. The lowest BCUT2D eigenvalue weighted by molar-refractivity contribution is -0.146. The molecule has 1 aliphatic carbocycles. The number of methoxy groups -OCH3 is 1. The minimum Gasteiger partial charge on any atom is -0.467 e. The second kappa shape index (κ2) is 15.3. The third kappa shape index (κ3) is 8.55. The summed E-state index contributed by atoms with van der Waals surface area (Å²) >= 11 is 0. The van der Waals surface area contributed by atoms with E-state index in [0.29, 0.717) is 19.3 Å². The van der Waals surface area contributed by atoms with E-state index in [9.17, 15) is 24.0 Å². The summed E-state index contributed by atoms with van der Waals surface area (Å²) in [6.07, 6.45) is 6.66. The first kappa shape index (κ1) is 32.4. The summed E-state index contributed by atoms with van der Waals surface area (Å²) in [6, 6.07) is 11.7. The van der Waals surface area contributed by atoms with Crippen molar-refractivity contribution in [3.05, 3.63) is 72.3 Å². The van der Waals surface area contributed by atoms with E-state index in [0.717, 1.165) is 22.8 Å². The molecule has 4 atom stereocenters. The lowest BCUT2D eigenvalue weighted by Gasteiger charge is -2.25. The highest BCUT2D eigenvalue weighted by Crippen LogP contribution is 2.27. The Labute approximate surface area is 257 Å². The minimum atomic E-state index is -0.993. The van der Waals surface area contributed by atoms with Gasteiger partial charge < -0.3 is 15.4 Å². The van der Waals surface area contributed by atoms with Crippen LogP contribution in [0.1, 0.15) is 68.4 Å². The second-order valence-corrected chi connectivity index (χ2v) is 11.8. The summed E-state index contributed by atoms with van der Waals surface area (Å²) in [4.78, 5) is 73.7. The lowest BCUT2D eigenvalue weighted by Crippen LogP contribution is -2.48. The van der Waals surface area contributed by atoms with Crippen molar-refractivity contribution in [1.82, 2.24) is 20.6 Å². The summed E-state index contributed by atoms with van der Waals surface area (Å²) in [7, 11) is 1.24. The molecule has 2 amide bonds. The number of hydrogen-bond donors (Lipinski definition) is 2. The van der Waals surface area contributed by atoms with Gasteiger partial charge in [-0.25, -0.2) is 9.78 Å². The van der Waals surface area contributed by atoms with Crippen LogP contribution in [0, 0.1) is 17.8 Å². The number of ketones is 2. The number of fused-ring (bicyclic) bond motifs is 1. The number of esters is 1. The number of carbonyl (C=O) groups excluding carboxylic acids is 5. The molecule has 10 heteroatoms. The summed E-state index contributed by atoms with van der Waals surface area (Å²) in [5.74, 6) is -2.89. The Morgan fingerprint density at radius 2 is 1.77 bits per heavy atom. The van der Waals surface area contributed by atoms with Gasteiger partial charge in [-0.1, -0.05) is 56.3 Å².